The average molecular weight is 386 g/mol. The molecule has 0 bridgehead atoms. The van der Waals surface area contributed by atoms with Crippen LogP contribution < -0.4 is 4.74 Å². The number of benzene rings is 2. The first-order valence-electron chi connectivity index (χ1n) is 6.16. The molecule has 6 nitrogen and oxygen atoms in total. The van der Waals surface area contributed by atoms with Gasteiger partial charge in [0.1, 0.15) is 17.1 Å². The number of hydrogen-bond acceptors (Lipinski definition) is 4. The maximum absolute atomic E-state index is 12.6. The van der Waals surface area contributed by atoms with E-state index in [1.165, 1.54) is 0 Å². The van der Waals surface area contributed by atoms with Gasteiger partial charge in [0, 0.05) is 12.1 Å². The molecule has 0 saturated carbocycles. The van der Waals surface area contributed by atoms with Crippen molar-refractivity contribution in [2.24, 2.45) is 0 Å². The van der Waals surface area contributed by atoms with Crippen molar-refractivity contribution in [3.63, 3.8) is 0 Å². The molecule has 0 atom stereocenters. The Morgan fingerprint density at radius 1 is 1.20 bits per heavy atom. The van der Waals surface area contributed by atoms with Crippen LogP contribution in [-0.4, -0.2) is 45.6 Å². The molecule has 2 rings (SSSR count). The van der Waals surface area contributed by atoms with Gasteiger partial charge in [-0.25, -0.2) is 4.79 Å². The van der Waals surface area contributed by atoms with Crippen LogP contribution in [-0.2, 0) is 6.18 Å². The Labute approximate surface area is 165 Å². The molecule has 0 radical (unpaired) electrons. The van der Waals surface area contributed by atoms with E-state index in [1.54, 1.807) is 0 Å². The molecule has 0 heterocycles. The fourth-order valence-corrected chi connectivity index (χ4v) is 2.02. The minimum atomic E-state index is -4.58. The second kappa shape index (κ2) is 8.05. The van der Waals surface area contributed by atoms with Crippen molar-refractivity contribution in [1.82, 2.24) is 0 Å². The van der Waals surface area contributed by atoms with E-state index in [0.717, 1.165) is 30.3 Å². The van der Waals surface area contributed by atoms with Crippen LogP contribution in [0.1, 0.15) is 15.9 Å². The van der Waals surface area contributed by atoms with Crippen molar-refractivity contribution in [3.8, 4) is 11.5 Å². The third kappa shape index (κ3) is 5.08. The molecule has 2 aromatic rings. The Morgan fingerprint density at radius 2 is 1.84 bits per heavy atom. The van der Waals surface area contributed by atoms with E-state index < -0.39 is 33.9 Å². The number of rotatable bonds is 4. The number of nitro benzene ring substituents is 1. The van der Waals surface area contributed by atoms with Crippen LogP contribution in [0.5, 0.6) is 11.5 Å². The monoisotopic (exact) mass is 385 g/mol. The summed E-state index contributed by atoms with van der Waals surface area (Å²) in [4.78, 5) is 20.9. The second-order valence-corrected chi connectivity index (χ2v) is 4.89. The van der Waals surface area contributed by atoms with Crippen molar-refractivity contribution < 1.29 is 32.7 Å². The molecule has 0 unspecified atom stereocenters. The quantitative estimate of drug-likeness (QED) is 0.486. The SMILES string of the molecule is O=C(O)c1cc(Oc2ccc(C(F)(F)F)cc2Cl)ccc1[N+](=O)[O-].[NaH]. The van der Waals surface area contributed by atoms with Crippen molar-refractivity contribution in [1.29, 1.82) is 0 Å². The molecule has 0 fully saturated rings. The number of halogens is 4. The molecular formula is C14H8ClF3NNaO5. The molecule has 25 heavy (non-hydrogen) atoms. The van der Waals surface area contributed by atoms with Gasteiger partial charge in [-0.2, -0.15) is 13.2 Å². The van der Waals surface area contributed by atoms with E-state index in [1.807, 2.05) is 0 Å². The summed E-state index contributed by atoms with van der Waals surface area (Å²) in [5.41, 5.74) is -2.25. The van der Waals surface area contributed by atoms with Crippen molar-refractivity contribution in [3.05, 3.63) is 62.7 Å². The Hall–Kier alpha value is -1.81. The summed E-state index contributed by atoms with van der Waals surface area (Å²) in [6.45, 7) is 0. The Morgan fingerprint density at radius 3 is 2.32 bits per heavy atom. The number of nitro groups is 1. The number of aromatic carboxylic acids is 1. The normalized spacial score (nSPS) is 10.7. The molecule has 128 valence electrons. The first-order chi connectivity index (χ1) is 11.1. The minimum absolute atomic E-state index is 0. The Balaban J connectivity index is 0.00000312. The predicted molar refractivity (Wildman–Crippen MR) is 83.7 cm³/mol. The van der Waals surface area contributed by atoms with Gasteiger partial charge in [-0.15, -0.1) is 0 Å². The van der Waals surface area contributed by atoms with E-state index >= 15 is 0 Å². The third-order valence-electron chi connectivity index (χ3n) is 2.88. The number of carboxylic acids is 1. The molecule has 11 heteroatoms. The maximum atomic E-state index is 12.6. The number of ether oxygens (including phenoxy) is 1. The van der Waals surface area contributed by atoms with E-state index in [4.69, 9.17) is 21.4 Å². The fraction of sp³-hybridized carbons (Fsp3) is 0.0714. The van der Waals surface area contributed by atoms with Gasteiger partial charge in [0.15, 0.2) is 0 Å². The van der Waals surface area contributed by atoms with E-state index in [-0.39, 0.29) is 46.1 Å². The van der Waals surface area contributed by atoms with Crippen molar-refractivity contribution in [2.75, 3.05) is 0 Å². The average Bonchev–Trinajstić information content (AvgIpc) is 2.47. The summed E-state index contributed by atoms with van der Waals surface area (Å²) in [7, 11) is 0. The van der Waals surface area contributed by atoms with E-state index in [0.29, 0.717) is 6.07 Å². The predicted octanol–water partition coefficient (Wildman–Crippen LogP) is 4.11. The standard InChI is InChI=1S/C14H7ClF3NO5.Na.H/c15-10-5-7(14(16,17)18)1-4-12(10)24-8-2-3-11(19(22)23)9(6-8)13(20)21;;/h1-6H,(H,20,21);;. The van der Waals surface area contributed by atoms with Gasteiger partial charge >= 0.3 is 41.7 Å². The zero-order chi connectivity index (χ0) is 18.1. The molecule has 1 N–H and O–H groups in total. The van der Waals surface area contributed by atoms with Crippen LogP contribution in [0.25, 0.3) is 0 Å². The second-order valence-electron chi connectivity index (χ2n) is 4.49. The summed E-state index contributed by atoms with van der Waals surface area (Å²) in [5.74, 6) is -1.83. The van der Waals surface area contributed by atoms with Crippen LogP contribution >= 0.6 is 11.6 Å². The molecule has 0 saturated heterocycles. The zero-order valence-electron chi connectivity index (χ0n) is 11.5. The Kier molecular flexibility index (Phi) is 6.83. The van der Waals surface area contributed by atoms with E-state index in [2.05, 4.69) is 0 Å². The summed E-state index contributed by atoms with van der Waals surface area (Å²) in [5, 5.41) is 19.4. The first-order valence-corrected chi connectivity index (χ1v) is 6.53. The van der Waals surface area contributed by atoms with Crippen molar-refractivity contribution >= 4 is 52.8 Å². The van der Waals surface area contributed by atoms with Gasteiger partial charge in [-0.3, -0.25) is 10.1 Å². The summed E-state index contributed by atoms with van der Waals surface area (Å²) in [6.07, 6.45) is -4.58. The van der Waals surface area contributed by atoms with Gasteiger partial charge in [-0.05, 0) is 24.3 Å². The van der Waals surface area contributed by atoms with Gasteiger partial charge in [-0.1, -0.05) is 11.6 Å². The molecule has 0 aliphatic rings. The van der Waals surface area contributed by atoms with Crippen LogP contribution in [0, 0.1) is 10.1 Å². The topological polar surface area (TPSA) is 89.7 Å². The summed E-state index contributed by atoms with van der Waals surface area (Å²) in [6, 6.07) is 5.27. The molecular weight excluding hydrogens is 378 g/mol. The summed E-state index contributed by atoms with van der Waals surface area (Å²) < 4.78 is 42.9. The van der Waals surface area contributed by atoms with Gasteiger partial charge in [0.25, 0.3) is 5.69 Å². The van der Waals surface area contributed by atoms with Crippen LogP contribution in [0.15, 0.2) is 36.4 Å². The van der Waals surface area contributed by atoms with Gasteiger partial charge in [0.2, 0.25) is 0 Å². The van der Waals surface area contributed by atoms with Gasteiger partial charge < -0.3 is 9.84 Å². The fourth-order valence-electron chi connectivity index (χ4n) is 1.80. The number of nitrogens with zero attached hydrogens (tertiary/aromatic N) is 1. The number of carbonyl (C=O) groups is 1. The van der Waals surface area contributed by atoms with E-state index in [9.17, 15) is 28.1 Å². The van der Waals surface area contributed by atoms with Crippen LogP contribution in [0.2, 0.25) is 5.02 Å². The first kappa shape index (κ1) is 21.2. The number of carboxylic acid groups (broad SMARTS) is 1. The Bertz CT molecular complexity index is 829. The molecule has 0 amide bonds. The third-order valence-corrected chi connectivity index (χ3v) is 3.18. The van der Waals surface area contributed by atoms with Gasteiger partial charge in [0.05, 0.1) is 15.5 Å². The molecule has 0 spiro atoms. The summed E-state index contributed by atoms with van der Waals surface area (Å²) >= 11 is 5.72. The molecule has 0 aliphatic heterocycles. The number of hydrogen-bond donors (Lipinski definition) is 1. The van der Waals surface area contributed by atoms with Crippen LogP contribution in [0.3, 0.4) is 0 Å². The van der Waals surface area contributed by atoms with Crippen LogP contribution in [0.4, 0.5) is 18.9 Å². The van der Waals surface area contributed by atoms with Crippen molar-refractivity contribution in [2.45, 2.75) is 6.18 Å². The zero-order valence-corrected chi connectivity index (χ0v) is 12.3. The molecule has 0 aromatic heterocycles. The molecule has 2 aromatic carbocycles. The molecule has 0 aliphatic carbocycles. The number of alkyl halides is 3.